The van der Waals surface area contributed by atoms with E-state index in [-0.39, 0.29) is 0 Å². The summed E-state index contributed by atoms with van der Waals surface area (Å²) in [5.41, 5.74) is 21.3. The summed E-state index contributed by atoms with van der Waals surface area (Å²) in [7, 11) is 0. The van der Waals surface area contributed by atoms with Crippen molar-refractivity contribution in [2.45, 2.75) is 163 Å². The molecule has 0 atom stereocenters. The van der Waals surface area contributed by atoms with Crippen LogP contribution in [0.1, 0.15) is 171 Å². The second-order valence-electron chi connectivity index (χ2n) is 13.2. The Hall–Kier alpha value is -2.48. The van der Waals surface area contributed by atoms with Crippen LogP contribution in [0.25, 0.3) is 16.9 Å². The van der Waals surface area contributed by atoms with E-state index in [4.69, 9.17) is 0 Å². The van der Waals surface area contributed by atoms with Crippen LogP contribution < -0.4 is 0 Å². The smallest absolute Gasteiger partial charge is 0.211 e. The fourth-order valence-electron chi connectivity index (χ4n) is 6.61. The van der Waals surface area contributed by atoms with Gasteiger partial charge in [0.25, 0.3) is 0 Å². The fourth-order valence-corrected chi connectivity index (χ4v) is 6.61. The molecular formula is C41H62N2. The minimum atomic E-state index is 1.01. The average molecular weight is 583 g/mol. The molecule has 0 saturated carbocycles. The molecule has 2 heteroatoms. The van der Waals surface area contributed by atoms with Crippen LogP contribution in [0.4, 0.5) is 0 Å². The minimum absolute atomic E-state index is 1.01. The molecular weight excluding hydrogens is 520 g/mol. The monoisotopic (exact) mass is 582 g/mol. The zero-order valence-corrected chi connectivity index (χ0v) is 28.4. The zero-order chi connectivity index (χ0) is 30.7. The van der Waals surface area contributed by atoms with Gasteiger partial charge in [-0.05, 0) is 63.8 Å². The molecule has 0 aromatic heterocycles. The average Bonchev–Trinajstić information content (AvgIpc) is 3.28. The molecule has 0 unspecified atom stereocenters. The number of hydrogen-bond acceptors (Lipinski definition) is 0. The van der Waals surface area contributed by atoms with Crippen LogP contribution in [-0.2, 0) is 0 Å². The summed E-state index contributed by atoms with van der Waals surface area (Å²) in [5.74, 6) is 0. The molecule has 1 heterocycles. The predicted octanol–water partition coefficient (Wildman–Crippen LogP) is 13.7. The van der Waals surface area contributed by atoms with Gasteiger partial charge in [-0.2, -0.15) is 0 Å². The van der Waals surface area contributed by atoms with Gasteiger partial charge in [-0.1, -0.05) is 158 Å². The van der Waals surface area contributed by atoms with Crippen molar-refractivity contribution in [3.63, 3.8) is 0 Å². The summed E-state index contributed by atoms with van der Waals surface area (Å²) in [4.78, 5) is 0. The third-order valence-corrected chi connectivity index (χ3v) is 9.32. The molecule has 0 amide bonds. The van der Waals surface area contributed by atoms with Gasteiger partial charge in [0.15, 0.2) is 0 Å². The number of aryl methyl sites for hydroxylation is 2. The lowest BCUT2D eigenvalue weighted by Gasteiger charge is -2.10. The van der Waals surface area contributed by atoms with E-state index in [1.807, 2.05) is 0 Å². The highest BCUT2D eigenvalue weighted by Crippen LogP contribution is 2.44. The van der Waals surface area contributed by atoms with E-state index in [0.717, 1.165) is 35.4 Å². The van der Waals surface area contributed by atoms with Gasteiger partial charge in [-0.3, -0.25) is 0 Å². The maximum Gasteiger partial charge on any atom is 0.211 e. The van der Waals surface area contributed by atoms with Gasteiger partial charge in [0, 0.05) is 22.3 Å². The summed E-state index contributed by atoms with van der Waals surface area (Å²) < 4.78 is 1.54. The van der Waals surface area contributed by atoms with Gasteiger partial charge in [0.2, 0.25) is 11.4 Å². The normalized spacial score (nSPS) is 13.5. The Morgan fingerprint density at radius 3 is 1.00 bits per heavy atom. The van der Waals surface area contributed by atoms with E-state index >= 15 is 0 Å². The van der Waals surface area contributed by atoms with Crippen molar-refractivity contribution in [2.24, 2.45) is 0 Å². The molecule has 0 saturated heterocycles. The molecule has 0 bridgehead atoms. The maximum atomic E-state index is 11.8. The second kappa shape index (κ2) is 20.5. The van der Waals surface area contributed by atoms with Gasteiger partial charge in [-0.25, -0.2) is 4.70 Å². The molecule has 1 aliphatic heterocycles. The molecule has 2 aromatic carbocycles. The predicted molar refractivity (Wildman–Crippen MR) is 188 cm³/mol. The fraction of sp³-hybridized carbons (Fsp3) is 0.610. The third-order valence-electron chi connectivity index (χ3n) is 9.32. The molecule has 0 fully saturated rings. The molecule has 2 aromatic rings. The molecule has 1 aliphatic rings. The zero-order valence-electron chi connectivity index (χ0n) is 28.4. The summed E-state index contributed by atoms with van der Waals surface area (Å²) in [6.45, 7) is 8.85. The van der Waals surface area contributed by atoms with Crippen LogP contribution in [0.15, 0.2) is 59.7 Å². The van der Waals surface area contributed by atoms with Gasteiger partial charge in [0.1, 0.15) is 0 Å². The Balaban J connectivity index is 1.66. The third kappa shape index (κ3) is 11.8. The van der Waals surface area contributed by atoms with E-state index in [9.17, 15) is 5.53 Å². The molecule has 3 rings (SSSR count). The largest absolute Gasteiger partial charge is 0.493 e. The van der Waals surface area contributed by atoms with Crippen molar-refractivity contribution in [3.8, 4) is 0 Å². The minimum Gasteiger partial charge on any atom is -0.493 e. The number of hydrogen-bond donors (Lipinski definition) is 0. The number of rotatable bonds is 23. The van der Waals surface area contributed by atoms with E-state index in [2.05, 4.69) is 76.2 Å². The van der Waals surface area contributed by atoms with E-state index in [1.165, 1.54) is 144 Å². The van der Waals surface area contributed by atoms with Gasteiger partial charge in [-0.15, -0.1) is 0 Å². The second-order valence-corrected chi connectivity index (χ2v) is 13.2. The van der Waals surface area contributed by atoms with Crippen LogP contribution in [0, 0.1) is 13.8 Å². The Morgan fingerprint density at radius 2 is 0.698 bits per heavy atom. The highest BCUT2D eigenvalue weighted by atomic mass is 15.2. The first-order chi connectivity index (χ1) is 21.1. The lowest BCUT2D eigenvalue weighted by atomic mass is 9.91. The highest BCUT2D eigenvalue weighted by molar-refractivity contribution is 5.82. The lowest BCUT2D eigenvalue weighted by Crippen LogP contribution is -2.02. The van der Waals surface area contributed by atoms with Crippen LogP contribution in [0.2, 0.25) is 0 Å². The number of unbranched alkanes of at least 4 members (excludes halogenated alkanes) is 17. The van der Waals surface area contributed by atoms with Crippen molar-refractivity contribution in [3.05, 3.63) is 87.5 Å². The number of benzene rings is 2. The van der Waals surface area contributed by atoms with E-state index < -0.39 is 0 Å². The van der Waals surface area contributed by atoms with Gasteiger partial charge >= 0.3 is 0 Å². The number of allylic oxidation sites excluding steroid dienone is 2. The molecule has 0 radical (unpaired) electrons. The molecule has 236 valence electrons. The summed E-state index contributed by atoms with van der Waals surface area (Å²) >= 11 is 0. The standard InChI is InChI=1S/C41H62N2/c1-5-7-9-11-13-14-15-16-17-18-19-21-23-25-39-38(24-22-20-12-10-8-6-2)40(36-30-26-34(3)27-31-36)43(42)41(39)37-32-28-35(4)29-33-37/h26-33H,5-25H2,1-4H3. The Kier molecular flexibility index (Phi) is 16.7. The van der Waals surface area contributed by atoms with Gasteiger partial charge < -0.3 is 5.53 Å². The van der Waals surface area contributed by atoms with Crippen molar-refractivity contribution >= 4 is 11.4 Å². The van der Waals surface area contributed by atoms with Crippen LogP contribution in [-0.4, -0.2) is 4.70 Å². The molecule has 0 N–H and O–H groups in total. The molecule has 43 heavy (non-hydrogen) atoms. The van der Waals surface area contributed by atoms with Crippen molar-refractivity contribution < 1.29 is 4.70 Å². The molecule has 2 nitrogen and oxygen atoms in total. The van der Waals surface area contributed by atoms with Crippen molar-refractivity contribution in [1.82, 2.24) is 0 Å². The SMILES string of the molecule is CCCCCCCCCCCCCCCC1=C(c2ccc(C)cc2)[N+](=[N-])C(c2ccc(C)cc2)=C1CCCCCCCC. The van der Waals surface area contributed by atoms with Crippen LogP contribution >= 0.6 is 0 Å². The Morgan fingerprint density at radius 1 is 0.419 bits per heavy atom. The van der Waals surface area contributed by atoms with E-state index in [0.29, 0.717) is 0 Å². The Labute approximate surface area is 265 Å². The molecule has 0 spiro atoms. The lowest BCUT2D eigenvalue weighted by molar-refractivity contribution is -0.345. The van der Waals surface area contributed by atoms with Crippen LogP contribution in [0.3, 0.4) is 0 Å². The number of nitrogens with zero attached hydrogens (tertiary/aromatic N) is 2. The maximum absolute atomic E-state index is 11.8. The highest BCUT2D eigenvalue weighted by Gasteiger charge is 2.35. The summed E-state index contributed by atoms with van der Waals surface area (Å²) in [5, 5.41) is 0. The summed E-state index contributed by atoms with van der Waals surface area (Å²) in [6.07, 6.45) is 27.6. The quantitative estimate of drug-likeness (QED) is 0.0920. The molecule has 0 aliphatic carbocycles. The summed E-state index contributed by atoms with van der Waals surface area (Å²) in [6, 6.07) is 17.5. The Bertz CT molecular complexity index is 1130. The first kappa shape index (κ1) is 35.0. The van der Waals surface area contributed by atoms with Crippen LogP contribution in [0.5, 0.6) is 0 Å². The first-order valence-corrected chi connectivity index (χ1v) is 18.2. The first-order valence-electron chi connectivity index (χ1n) is 18.2. The van der Waals surface area contributed by atoms with Crippen molar-refractivity contribution in [1.29, 1.82) is 0 Å². The van der Waals surface area contributed by atoms with Crippen molar-refractivity contribution in [2.75, 3.05) is 0 Å². The van der Waals surface area contributed by atoms with E-state index in [1.54, 1.807) is 4.70 Å². The van der Waals surface area contributed by atoms with Gasteiger partial charge in [0.05, 0.1) is 0 Å². The topological polar surface area (TPSA) is 25.3 Å².